The molecule has 2 rings (SSSR count). The van der Waals surface area contributed by atoms with Crippen molar-refractivity contribution in [3.05, 3.63) is 0 Å². The molecule has 4 heteroatoms. The summed E-state index contributed by atoms with van der Waals surface area (Å²) in [6.07, 6.45) is 2.49. The second-order valence-electron chi connectivity index (χ2n) is 4.71. The highest BCUT2D eigenvalue weighted by Crippen LogP contribution is 2.43. The molecule has 0 aromatic heterocycles. The minimum atomic E-state index is -0.100. The molecule has 1 atom stereocenters. The highest BCUT2D eigenvalue weighted by molar-refractivity contribution is 5.03. The van der Waals surface area contributed by atoms with Crippen LogP contribution in [0.1, 0.15) is 12.8 Å². The fourth-order valence-electron chi connectivity index (χ4n) is 2.72. The molecule has 1 saturated carbocycles. The average Bonchev–Trinajstić information content (AvgIpc) is 3.11. The maximum Gasteiger partial charge on any atom is 0.0704 e. The van der Waals surface area contributed by atoms with Gasteiger partial charge in [-0.1, -0.05) is 0 Å². The Bertz CT molecular complexity index is 203. The first-order valence-corrected chi connectivity index (χ1v) is 5.89. The zero-order valence-electron chi connectivity index (χ0n) is 9.54. The van der Waals surface area contributed by atoms with Crippen LogP contribution < -0.4 is 5.32 Å². The van der Waals surface area contributed by atoms with Crippen molar-refractivity contribution >= 4 is 0 Å². The van der Waals surface area contributed by atoms with Crippen molar-refractivity contribution in [1.29, 1.82) is 0 Å². The largest absolute Gasteiger partial charge is 0.394 e. The number of hydrogen-bond donors (Lipinski definition) is 2. The SMILES string of the molecule is COCC(CO)(C1CC1)N1CCNCC1. The molecule has 1 aliphatic carbocycles. The van der Waals surface area contributed by atoms with Gasteiger partial charge in [-0.15, -0.1) is 0 Å². The van der Waals surface area contributed by atoms with Crippen LogP contribution in [0.3, 0.4) is 0 Å². The van der Waals surface area contributed by atoms with Gasteiger partial charge in [-0.3, -0.25) is 4.90 Å². The van der Waals surface area contributed by atoms with Gasteiger partial charge in [0, 0.05) is 33.3 Å². The molecule has 2 fully saturated rings. The van der Waals surface area contributed by atoms with Crippen molar-refractivity contribution in [3.8, 4) is 0 Å². The van der Waals surface area contributed by atoms with E-state index in [0.29, 0.717) is 12.5 Å². The highest BCUT2D eigenvalue weighted by atomic mass is 16.5. The van der Waals surface area contributed by atoms with Crippen molar-refractivity contribution in [2.75, 3.05) is 46.5 Å². The van der Waals surface area contributed by atoms with Crippen molar-refractivity contribution in [1.82, 2.24) is 10.2 Å². The Morgan fingerprint density at radius 1 is 1.40 bits per heavy atom. The van der Waals surface area contributed by atoms with Crippen molar-refractivity contribution in [3.63, 3.8) is 0 Å². The quantitative estimate of drug-likeness (QED) is 0.658. The van der Waals surface area contributed by atoms with Crippen LogP contribution in [0.2, 0.25) is 0 Å². The van der Waals surface area contributed by atoms with E-state index in [2.05, 4.69) is 10.2 Å². The first kappa shape index (κ1) is 11.3. The molecule has 1 heterocycles. The number of methoxy groups -OCH3 is 1. The van der Waals surface area contributed by atoms with E-state index in [1.165, 1.54) is 12.8 Å². The van der Waals surface area contributed by atoms with E-state index in [0.717, 1.165) is 26.2 Å². The molecule has 1 saturated heterocycles. The van der Waals surface area contributed by atoms with Gasteiger partial charge in [-0.2, -0.15) is 0 Å². The van der Waals surface area contributed by atoms with Gasteiger partial charge < -0.3 is 15.2 Å². The molecule has 0 radical (unpaired) electrons. The van der Waals surface area contributed by atoms with Gasteiger partial charge in [0.15, 0.2) is 0 Å². The number of aliphatic hydroxyl groups is 1. The third-order valence-corrected chi connectivity index (χ3v) is 3.75. The number of nitrogens with one attached hydrogen (secondary N) is 1. The van der Waals surface area contributed by atoms with Gasteiger partial charge >= 0.3 is 0 Å². The van der Waals surface area contributed by atoms with E-state index in [-0.39, 0.29) is 12.1 Å². The lowest BCUT2D eigenvalue weighted by molar-refractivity contribution is -0.0469. The van der Waals surface area contributed by atoms with E-state index in [1.54, 1.807) is 7.11 Å². The van der Waals surface area contributed by atoms with E-state index >= 15 is 0 Å². The molecule has 4 nitrogen and oxygen atoms in total. The molecule has 1 aliphatic heterocycles. The van der Waals surface area contributed by atoms with E-state index < -0.39 is 0 Å². The number of rotatable bonds is 5. The summed E-state index contributed by atoms with van der Waals surface area (Å²) < 4.78 is 5.33. The zero-order valence-corrected chi connectivity index (χ0v) is 9.54. The Kier molecular flexibility index (Phi) is 3.61. The summed E-state index contributed by atoms with van der Waals surface area (Å²) in [5.41, 5.74) is -0.100. The lowest BCUT2D eigenvalue weighted by Crippen LogP contribution is -2.61. The fourth-order valence-corrected chi connectivity index (χ4v) is 2.72. The molecule has 0 amide bonds. The van der Waals surface area contributed by atoms with Crippen LogP contribution in [0.5, 0.6) is 0 Å². The summed E-state index contributed by atoms with van der Waals surface area (Å²) in [5.74, 6) is 0.639. The highest BCUT2D eigenvalue weighted by Gasteiger charge is 2.49. The first-order chi connectivity index (χ1) is 7.33. The topological polar surface area (TPSA) is 44.7 Å². The van der Waals surface area contributed by atoms with Crippen LogP contribution in [0, 0.1) is 5.92 Å². The second-order valence-corrected chi connectivity index (χ2v) is 4.71. The molecule has 2 aliphatic rings. The normalized spacial score (nSPS) is 27.6. The monoisotopic (exact) mass is 214 g/mol. The molecule has 2 N–H and O–H groups in total. The first-order valence-electron chi connectivity index (χ1n) is 5.89. The van der Waals surface area contributed by atoms with E-state index in [9.17, 15) is 5.11 Å². The molecule has 15 heavy (non-hydrogen) atoms. The molecule has 0 bridgehead atoms. The Morgan fingerprint density at radius 2 is 2.07 bits per heavy atom. The van der Waals surface area contributed by atoms with Crippen LogP contribution in [0.15, 0.2) is 0 Å². The summed E-state index contributed by atoms with van der Waals surface area (Å²) in [7, 11) is 1.73. The number of piperazine rings is 1. The maximum absolute atomic E-state index is 9.73. The van der Waals surface area contributed by atoms with Gasteiger partial charge in [0.2, 0.25) is 0 Å². The third kappa shape index (κ3) is 2.18. The smallest absolute Gasteiger partial charge is 0.0704 e. The van der Waals surface area contributed by atoms with Gasteiger partial charge in [0.05, 0.1) is 18.8 Å². The minimum Gasteiger partial charge on any atom is -0.394 e. The Balaban J connectivity index is 2.07. The molecule has 0 aromatic rings. The second kappa shape index (κ2) is 4.78. The minimum absolute atomic E-state index is 0.100. The number of ether oxygens (including phenoxy) is 1. The fraction of sp³-hybridized carbons (Fsp3) is 1.00. The molecule has 1 unspecified atom stereocenters. The summed E-state index contributed by atoms with van der Waals surface area (Å²) in [4.78, 5) is 2.42. The predicted octanol–water partition coefficient (Wildman–Crippen LogP) is -0.321. The summed E-state index contributed by atoms with van der Waals surface area (Å²) in [6.45, 7) is 5.00. The average molecular weight is 214 g/mol. The van der Waals surface area contributed by atoms with Gasteiger partial charge in [-0.05, 0) is 18.8 Å². The van der Waals surface area contributed by atoms with Crippen LogP contribution >= 0.6 is 0 Å². The van der Waals surface area contributed by atoms with Crippen LogP contribution in [-0.2, 0) is 4.74 Å². The summed E-state index contributed by atoms with van der Waals surface area (Å²) in [6, 6.07) is 0. The van der Waals surface area contributed by atoms with Gasteiger partial charge in [0.1, 0.15) is 0 Å². The zero-order chi connectivity index (χ0) is 10.7. The van der Waals surface area contributed by atoms with E-state index in [1.807, 2.05) is 0 Å². The molecule has 88 valence electrons. The van der Waals surface area contributed by atoms with Crippen LogP contribution in [0.4, 0.5) is 0 Å². The van der Waals surface area contributed by atoms with Gasteiger partial charge in [-0.25, -0.2) is 0 Å². The molecule has 0 spiro atoms. The standard InChI is InChI=1S/C11H22N2O2/c1-15-9-11(8-14,10-2-3-10)13-6-4-12-5-7-13/h10,12,14H,2-9H2,1H3. The number of nitrogens with zero attached hydrogens (tertiary/aromatic N) is 1. The van der Waals surface area contributed by atoms with Crippen molar-refractivity contribution < 1.29 is 9.84 Å². The van der Waals surface area contributed by atoms with Crippen LogP contribution in [0.25, 0.3) is 0 Å². The Hall–Kier alpha value is -0.160. The number of hydrogen-bond acceptors (Lipinski definition) is 4. The van der Waals surface area contributed by atoms with E-state index in [4.69, 9.17) is 4.74 Å². The summed E-state index contributed by atoms with van der Waals surface area (Å²) in [5, 5.41) is 13.1. The maximum atomic E-state index is 9.73. The predicted molar refractivity (Wildman–Crippen MR) is 58.9 cm³/mol. The Labute approximate surface area is 91.6 Å². The summed E-state index contributed by atoms with van der Waals surface area (Å²) >= 11 is 0. The molecular weight excluding hydrogens is 192 g/mol. The lowest BCUT2D eigenvalue weighted by atomic mass is 9.92. The van der Waals surface area contributed by atoms with Crippen LogP contribution in [-0.4, -0.2) is 62.0 Å². The van der Waals surface area contributed by atoms with Gasteiger partial charge in [0.25, 0.3) is 0 Å². The molecule has 0 aromatic carbocycles. The Morgan fingerprint density at radius 3 is 2.53 bits per heavy atom. The lowest BCUT2D eigenvalue weighted by Gasteiger charge is -2.45. The van der Waals surface area contributed by atoms with Crippen molar-refractivity contribution in [2.24, 2.45) is 5.92 Å². The van der Waals surface area contributed by atoms with Crippen molar-refractivity contribution in [2.45, 2.75) is 18.4 Å². The molecular formula is C11H22N2O2. The third-order valence-electron chi connectivity index (χ3n) is 3.75. The number of aliphatic hydroxyl groups excluding tert-OH is 1.